The van der Waals surface area contributed by atoms with E-state index in [4.69, 9.17) is 14.2 Å². The van der Waals surface area contributed by atoms with Crippen LogP contribution >= 0.6 is 0 Å². The Morgan fingerprint density at radius 1 is 0.581 bits per heavy atom. The molecule has 2 aliphatic rings. The number of ether oxygens (including phenoxy) is 3. The second kappa shape index (κ2) is 18.9. The Morgan fingerprint density at radius 2 is 0.953 bits per heavy atom. The van der Waals surface area contributed by atoms with Gasteiger partial charge in [-0.2, -0.15) is 0 Å². The maximum Gasteiger partial charge on any atom is 0.0608 e. The zero-order valence-corrected chi connectivity index (χ0v) is 31.3. The number of hydrogen-bond acceptors (Lipinski definition) is 3. The molecule has 2 aliphatic carbocycles. The minimum Gasteiger partial charge on any atom is -0.380 e. The van der Waals surface area contributed by atoms with E-state index in [1.807, 2.05) is 0 Å². The standard InChI is InChI=1S/C40H78O3/c1-29(2)35-19-17-31(5)23-37(35)42-25-33(7)15-13-21-39(9,10)27-41-28-40(11,12)22-14-16-34(8)26-43-38-24-32(6)18-20-36(38)30(3)4/h29-38H,13-28H2,1-12H3. The number of hydrogen-bond donors (Lipinski definition) is 0. The fourth-order valence-corrected chi connectivity index (χ4v) is 7.96. The molecule has 0 heterocycles. The third kappa shape index (κ3) is 15.3. The fraction of sp³-hybridized carbons (Fsp3) is 1.00. The van der Waals surface area contributed by atoms with Crippen LogP contribution in [0.25, 0.3) is 0 Å². The molecule has 3 nitrogen and oxygen atoms in total. The molecular formula is C40H78O3. The largest absolute Gasteiger partial charge is 0.380 e. The third-order valence-electron chi connectivity index (χ3n) is 11.2. The molecule has 0 spiro atoms. The summed E-state index contributed by atoms with van der Waals surface area (Å²) in [5, 5.41) is 0. The van der Waals surface area contributed by atoms with Crippen molar-refractivity contribution in [3.63, 3.8) is 0 Å². The Kier molecular flexibility index (Phi) is 17.2. The maximum atomic E-state index is 6.55. The lowest BCUT2D eigenvalue weighted by molar-refractivity contribution is -0.0510. The van der Waals surface area contributed by atoms with Crippen LogP contribution in [0, 0.1) is 58.2 Å². The molecule has 0 aromatic heterocycles. The summed E-state index contributed by atoms with van der Waals surface area (Å²) in [5.41, 5.74) is 0.461. The minimum absolute atomic E-state index is 0.231. The molecule has 2 rings (SSSR count). The molecule has 3 heteroatoms. The van der Waals surface area contributed by atoms with Gasteiger partial charge >= 0.3 is 0 Å². The van der Waals surface area contributed by atoms with Crippen molar-refractivity contribution in [1.82, 2.24) is 0 Å². The van der Waals surface area contributed by atoms with E-state index in [1.54, 1.807) is 0 Å². The molecule has 8 atom stereocenters. The molecule has 0 aromatic rings. The van der Waals surface area contributed by atoms with Crippen LogP contribution in [0.3, 0.4) is 0 Å². The average molecular weight is 607 g/mol. The van der Waals surface area contributed by atoms with Crippen molar-refractivity contribution >= 4 is 0 Å². The first-order valence-electron chi connectivity index (χ1n) is 18.9. The summed E-state index contributed by atoms with van der Waals surface area (Å²) in [4.78, 5) is 0. The van der Waals surface area contributed by atoms with Gasteiger partial charge in [0.2, 0.25) is 0 Å². The van der Waals surface area contributed by atoms with E-state index >= 15 is 0 Å². The van der Waals surface area contributed by atoms with E-state index in [2.05, 4.69) is 83.1 Å². The first-order valence-corrected chi connectivity index (χ1v) is 18.9. The highest BCUT2D eigenvalue weighted by Crippen LogP contribution is 2.37. The van der Waals surface area contributed by atoms with Crippen molar-refractivity contribution in [1.29, 1.82) is 0 Å². The summed E-state index contributed by atoms with van der Waals surface area (Å²) in [6.45, 7) is 32.2. The Bertz CT molecular complexity index is 667. The molecule has 0 aromatic carbocycles. The summed E-state index contributed by atoms with van der Waals surface area (Å²) < 4.78 is 19.5. The highest BCUT2D eigenvalue weighted by Gasteiger charge is 2.33. The van der Waals surface area contributed by atoms with Crippen LogP contribution in [-0.2, 0) is 14.2 Å². The molecule has 2 fully saturated rings. The molecule has 0 amide bonds. The van der Waals surface area contributed by atoms with Crippen LogP contribution in [0.2, 0.25) is 0 Å². The smallest absolute Gasteiger partial charge is 0.0608 e. The van der Waals surface area contributed by atoms with Crippen molar-refractivity contribution in [2.75, 3.05) is 26.4 Å². The predicted molar refractivity (Wildman–Crippen MR) is 187 cm³/mol. The van der Waals surface area contributed by atoms with Crippen LogP contribution in [0.5, 0.6) is 0 Å². The fourth-order valence-electron chi connectivity index (χ4n) is 7.96. The van der Waals surface area contributed by atoms with Crippen LogP contribution in [0.15, 0.2) is 0 Å². The zero-order chi connectivity index (χ0) is 32.2. The second-order valence-corrected chi connectivity index (χ2v) is 18.2. The summed E-state index contributed by atoms with van der Waals surface area (Å²) in [7, 11) is 0. The monoisotopic (exact) mass is 607 g/mol. The molecule has 256 valence electrons. The van der Waals surface area contributed by atoms with Crippen molar-refractivity contribution < 1.29 is 14.2 Å². The van der Waals surface area contributed by atoms with Gasteiger partial charge in [-0.1, -0.05) is 109 Å². The Labute approximate surface area is 270 Å². The Hall–Kier alpha value is -0.120. The van der Waals surface area contributed by atoms with Crippen LogP contribution in [-0.4, -0.2) is 38.6 Å². The summed E-state index contributed by atoms with van der Waals surface area (Å²) in [5.74, 6) is 5.86. The highest BCUT2D eigenvalue weighted by molar-refractivity contribution is 4.83. The van der Waals surface area contributed by atoms with Gasteiger partial charge in [-0.05, 0) is 110 Å². The van der Waals surface area contributed by atoms with Gasteiger partial charge in [-0.3, -0.25) is 0 Å². The van der Waals surface area contributed by atoms with Crippen molar-refractivity contribution in [2.24, 2.45) is 58.2 Å². The summed E-state index contributed by atoms with van der Waals surface area (Å²) >= 11 is 0. The zero-order valence-electron chi connectivity index (χ0n) is 31.3. The lowest BCUT2D eigenvalue weighted by Gasteiger charge is -2.37. The first-order chi connectivity index (χ1) is 20.1. The number of rotatable bonds is 20. The van der Waals surface area contributed by atoms with E-state index in [-0.39, 0.29) is 10.8 Å². The summed E-state index contributed by atoms with van der Waals surface area (Å²) in [6.07, 6.45) is 16.4. The SMILES string of the molecule is CC(CCCC(C)(C)COCC(C)(C)CCCC(C)COC1CC(C)CCC1C(C)C)COC1CC(C)CCC1C(C)C. The summed E-state index contributed by atoms with van der Waals surface area (Å²) in [6, 6.07) is 0. The third-order valence-corrected chi connectivity index (χ3v) is 11.2. The molecule has 0 saturated heterocycles. The Balaban J connectivity index is 1.59. The molecular weight excluding hydrogens is 528 g/mol. The normalized spacial score (nSPS) is 28.9. The lowest BCUT2D eigenvalue weighted by Crippen LogP contribution is -2.35. The van der Waals surface area contributed by atoms with Crippen LogP contribution in [0.1, 0.15) is 160 Å². The van der Waals surface area contributed by atoms with Gasteiger partial charge in [-0.25, -0.2) is 0 Å². The quantitative estimate of drug-likeness (QED) is 0.138. The van der Waals surface area contributed by atoms with E-state index in [1.165, 1.54) is 77.0 Å². The maximum absolute atomic E-state index is 6.55. The van der Waals surface area contributed by atoms with E-state index in [9.17, 15) is 0 Å². The van der Waals surface area contributed by atoms with Gasteiger partial charge in [0.25, 0.3) is 0 Å². The van der Waals surface area contributed by atoms with Gasteiger partial charge in [0.15, 0.2) is 0 Å². The van der Waals surface area contributed by atoms with Crippen LogP contribution in [0.4, 0.5) is 0 Å². The average Bonchev–Trinajstić information content (AvgIpc) is 2.90. The predicted octanol–water partition coefficient (Wildman–Crippen LogP) is 11.6. The van der Waals surface area contributed by atoms with Crippen molar-refractivity contribution in [3.05, 3.63) is 0 Å². The second-order valence-electron chi connectivity index (χ2n) is 18.2. The minimum atomic E-state index is 0.231. The van der Waals surface area contributed by atoms with E-state index in [0.717, 1.165) is 61.9 Å². The molecule has 0 radical (unpaired) electrons. The van der Waals surface area contributed by atoms with Crippen molar-refractivity contribution in [3.8, 4) is 0 Å². The first kappa shape index (κ1) is 39.1. The van der Waals surface area contributed by atoms with E-state index < -0.39 is 0 Å². The molecule has 0 bridgehead atoms. The topological polar surface area (TPSA) is 27.7 Å². The molecule has 43 heavy (non-hydrogen) atoms. The van der Waals surface area contributed by atoms with Gasteiger partial charge in [0.05, 0.1) is 25.4 Å². The van der Waals surface area contributed by atoms with Gasteiger partial charge in [-0.15, -0.1) is 0 Å². The molecule has 2 saturated carbocycles. The van der Waals surface area contributed by atoms with Crippen molar-refractivity contribution in [2.45, 2.75) is 172 Å². The van der Waals surface area contributed by atoms with Gasteiger partial charge < -0.3 is 14.2 Å². The van der Waals surface area contributed by atoms with Gasteiger partial charge in [0.1, 0.15) is 0 Å². The van der Waals surface area contributed by atoms with Crippen LogP contribution < -0.4 is 0 Å². The molecule has 0 N–H and O–H groups in total. The highest BCUT2D eigenvalue weighted by atomic mass is 16.5. The molecule has 0 aliphatic heterocycles. The molecule has 8 unspecified atom stereocenters. The Morgan fingerprint density at radius 3 is 1.30 bits per heavy atom. The lowest BCUT2D eigenvalue weighted by atomic mass is 9.75. The van der Waals surface area contributed by atoms with E-state index in [0.29, 0.717) is 24.0 Å². The van der Waals surface area contributed by atoms with Gasteiger partial charge in [0, 0.05) is 13.2 Å².